The Kier molecular flexibility index (Phi) is 39.2. The average molecular weight is 316 g/mol. The second kappa shape index (κ2) is 26.3. The van der Waals surface area contributed by atoms with Crippen molar-refractivity contribution in [1.82, 2.24) is 0 Å². The normalized spacial score (nSPS) is 8.33. The van der Waals surface area contributed by atoms with E-state index in [4.69, 9.17) is 56.2 Å². The third kappa shape index (κ3) is 76600. The maximum absolute atomic E-state index is 9.00. The number of aliphatic carboxylic acids is 4. The van der Waals surface area contributed by atoms with Gasteiger partial charge in [-0.15, -0.1) is 0 Å². The van der Waals surface area contributed by atoms with E-state index in [0.29, 0.717) is 0 Å². The summed E-state index contributed by atoms with van der Waals surface area (Å²) in [5.41, 5.74) is 9.52. The van der Waals surface area contributed by atoms with Crippen LogP contribution in [0.15, 0.2) is 0 Å². The van der Waals surface area contributed by atoms with Crippen molar-refractivity contribution in [3.8, 4) is 0 Å². The van der Waals surface area contributed by atoms with E-state index in [2.05, 4.69) is 0 Å². The molecule has 0 spiro atoms. The number of aliphatic hydroxyl groups is 1. The maximum Gasteiger partial charge on any atom is 0.300 e. The predicted molar refractivity (Wildman–Crippen MR) is 72.5 cm³/mol. The van der Waals surface area contributed by atoms with Gasteiger partial charge in [0.05, 0.1) is 0 Å². The van der Waals surface area contributed by atoms with E-state index in [-0.39, 0.29) is 6.54 Å². The molecule has 0 aliphatic rings. The van der Waals surface area contributed by atoms with E-state index in [1.807, 2.05) is 0 Å². The van der Waals surface area contributed by atoms with Crippen LogP contribution in [0, 0.1) is 0 Å². The largest absolute Gasteiger partial charge is 0.481 e. The SMILES string of the molecule is CC(=O)O.CC(=O)O.CC(=O)O.CC(=O)O.NCC(N)O. The topological polar surface area (TPSA) is 221 Å². The van der Waals surface area contributed by atoms with Gasteiger partial charge in [-0.05, 0) is 0 Å². The fourth-order valence-corrected chi connectivity index (χ4v) is 0. The van der Waals surface area contributed by atoms with Crippen molar-refractivity contribution in [2.24, 2.45) is 11.5 Å². The van der Waals surface area contributed by atoms with Crippen molar-refractivity contribution >= 4 is 23.9 Å². The predicted octanol–water partition coefficient (Wildman–Crippen LogP) is -1.41. The van der Waals surface area contributed by atoms with Gasteiger partial charge in [0, 0.05) is 34.2 Å². The van der Waals surface area contributed by atoms with Crippen LogP contribution in [0.25, 0.3) is 0 Å². The molecule has 1 unspecified atom stereocenters. The Balaban J connectivity index is -0.0000000510. The second-order valence-electron chi connectivity index (χ2n) is 2.88. The van der Waals surface area contributed by atoms with Gasteiger partial charge >= 0.3 is 0 Å². The summed E-state index contributed by atoms with van der Waals surface area (Å²) in [7, 11) is 0. The highest BCUT2D eigenvalue weighted by atomic mass is 16.4. The first kappa shape index (κ1) is 31.3. The molecule has 1 atom stereocenters. The van der Waals surface area contributed by atoms with Crippen LogP contribution < -0.4 is 11.5 Å². The Morgan fingerprint density at radius 2 is 0.810 bits per heavy atom. The number of carboxylic acid groups (broad SMARTS) is 4. The van der Waals surface area contributed by atoms with E-state index in [1.54, 1.807) is 0 Å². The zero-order chi connectivity index (χ0) is 18.6. The highest BCUT2D eigenvalue weighted by Crippen LogP contribution is 1.51. The van der Waals surface area contributed by atoms with Gasteiger partial charge in [0.2, 0.25) is 0 Å². The molecule has 0 fully saturated rings. The average Bonchev–Trinajstić information content (AvgIpc) is 2.13. The molecule has 0 aromatic heterocycles. The molecule has 0 aliphatic heterocycles. The van der Waals surface area contributed by atoms with Crippen molar-refractivity contribution in [2.45, 2.75) is 33.9 Å². The molecule has 0 saturated carbocycles. The third-order valence-electron chi connectivity index (χ3n) is 0.241. The number of nitrogens with two attached hydrogens (primary N) is 2. The highest BCUT2D eigenvalue weighted by molar-refractivity contribution is 5.63. The number of aliphatic hydroxyl groups excluding tert-OH is 1. The Morgan fingerprint density at radius 3 is 0.810 bits per heavy atom. The van der Waals surface area contributed by atoms with Gasteiger partial charge < -0.3 is 37.0 Å². The molecular formula is C10H24N2O9. The van der Waals surface area contributed by atoms with E-state index >= 15 is 0 Å². The van der Waals surface area contributed by atoms with Crippen molar-refractivity contribution in [3.63, 3.8) is 0 Å². The maximum atomic E-state index is 9.00. The molecule has 9 N–H and O–H groups in total. The van der Waals surface area contributed by atoms with Crippen LogP contribution in [-0.2, 0) is 19.2 Å². The summed E-state index contributed by atoms with van der Waals surface area (Å²) in [5, 5.41) is 37.7. The number of hydrogen-bond donors (Lipinski definition) is 7. The van der Waals surface area contributed by atoms with Crippen molar-refractivity contribution in [2.75, 3.05) is 6.54 Å². The molecule has 0 saturated heterocycles. The quantitative estimate of drug-likeness (QED) is 0.278. The molecule has 0 rings (SSSR count). The van der Waals surface area contributed by atoms with E-state index in [9.17, 15) is 0 Å². The fourth-order valence-electron chi connectivity index (χ4n) is 0. The zero-order valence-corrected chi connectivity index (χ0v) is 12.3. The van der Waals surface area contributed by atoms with Gasteiger partial charge in [0.25, 0.3) is 23.9 Å². The first-order valence-electron chi connectivity index (χ1n) is 5.12. The Labute approximate surface area is 121 Å². The summed E-state index contributed by atoms with van der Waals surface area (Å²) in [6, 6.07) is 0. The van der Waals surface area contributed by atoms with Crippen LogP contribution in [-0.4, -0.2) is 62.2 Å². The standard InChI is InChI=1S/C2H8N2O.4C2H4O2/c3-1-2(4)5;4*1-2(3)4/h2,5H,1,3-4H2;4*1H3,(H,3,4). The minimum atomic E-state index is -0.838. The van der Waals surface area contributed by atoms with Gasteiger partial charge in [-0.3, -0.25) is 19.2 Å². The minimum absolute atomic E-state index is 0.139. The molecule has 21 heavy (non-hydrogen) atoms. The van der Waals surface area contributed by atoms with E-state index in [0.717, 1.165) is 27.7 Å². The molecule has 0 bridgehead atoms. The van der Waals surface area contributed by atoms with E-state index < -0.39 is 30.1 Å². The molecular weight excluding hydrogens is 292 g/mol. The van der Waals surface area contributed by atoms with Crippen molar-refractivity contribution in [1.29, 1.82) is 0 Å². The second-order valence-corrected chi connectivity index (χ2v) is 2.88. The number of rotatable bonds is 1. The highest BCUT2D eigenvalue weighted by Gasteiger charge is 1.81. The molecule has 0 radical (unpaired) electrons. The van der Waals surface area contributed by atoms with E-state index in [1.165, 1.54) is 0 Å². The van der Waals surface area contributed by atoms with Crippen molar-refractivity contribution in [3.05, 3.63) is 0 Å². The first-order valence-corrected chi connectivity index (χ1v) is 5.12. The lowest BCUT2D eigenvalue weighted by molar-refractivity contribution is -0.135. The molecule has 0 aliphatic carbocycles. The van der Waals surface area contributed by atoms with Crippen LogP contribution in [0.3, 0.4) is 0 Å². The Hall–Kier alpha value is -2.24. The van der Waals surface area contributed by atoms with Crippen LogP contribution in [0.2, 0.25) is 0 Å². The molecule has 0 heterocycles. The zero-order valence-electron chi connectivity index (χ0n) is 12.3. The molecule has 11 heteroatoms. The summed E-state index contributed by atoms with van der Waals surface area (Å²) < 4.78 is 0. The van der Waals surface area contributed by atoms with Crippen LogP contribution in [0.1, 0.15) is 27.7 Å². The molecule has 0 amide bonds. The van der Waals surface area contributed by atoms with Gasteiger partial charge in [0.1, 0.15) is 6.23 Å². The lowest BCUT2D eigenvalue weighted by Gasteiger charge is -1.91. The van der Waals surface area contributed by atoms with Gasteiger partial charge in [-0.2, -0.15) is 0 Å². The summed E-state index contributed by atoms with van der Waals surface area (Å²) in [6.45, 7) is 4.47. The smallest absolute Gasteiger partial charge is 0.300 e. The third-order valence-corrected chi connectivity index (χ3v) is 0.241. The summed E-state index contributed by atoms with van der Waals surface area (Å²) >= 11 is 0. The molecule has 128 valence electrons. The molecule has 11 nitrogen and oxygen atoms in total. The lowest BCUT2D eigenvalue weighted by Crippen LogP contribution is -2.28. The van der Waals surface area contributed by atoms with Crippen LogP contribution >= 0.6 is 0 Å². The van der Waals surface area contributed by atoms with Crippen LogP contribution in [0.5, 0.6) is 0 Å². The monoisotopic (exact) mass is 316 g/mol. The number of carboxylic acids is 4. The molecule has 0 aromatic carbocycles. The molecule has 0 aromatic rings. The first-order chi connectivity index (χ1) is 9.20. The Bertz CT molecular complexity index is 216. The summed E-state index contributed by atoms with van der Waals surface area (Å²) in [4.78, 5) is 36.0. The fraction of sp³-hybridized carbons (Fsp3) is 0.600. The number of hydrogen-bond acceptors (Lipinski definition) is 7. The van der Waals surface area contributed by atoms with Crippen molar-refractivity contribution < 1.29 is 44.7 Å². The van der Waals surface area contributed by atoms with Crippen LogP contribution in [0.4, 0.5) is 0 Å². The van der Waals surface area contributed by atoms with Gasteiger partial charge in [-0.1, -0.05) is 0 Å². The summed E-state index contributed by atoms with van der Waals surface area (Å²) in [6.07, 6.45) is -0.838. The lowest BCUT2D eigenvalue weighted by atomic mass is 10.6. The number of carbonyl (C=O) groups is 4. The van der Waals surface area contributed by atoms with Gasteiger partial charge in [0.15, 0.2) is 0 Å². The summed E-state index contributed by atoms with van der Waals surface area (Å²) in [5.74, 6) is -3.33. The Morgan fingerprint density at radius 1 is 0.762 bits per heavy atom. The van der Waals surface area contributed by atoms with Gasteiger partial charge in [-0.25, -0.2) is 0 Å². The minimum Gasteiger partial charge on any atom is -0.481 e.